The average molecular weight is 482 g/mol. The molecule has 0 radical (unpaired) electrons. The molecule has 5 N–H and O–H groups in total. The fourth-order valence-electron chi connectivity index (χ4n) is 3.30. The highest BCUT2D eigenvalue weighted by Gasteiger charge is 2.46. The van der Waals surface area contributed by atoms with Crippen molar-refractivity contribution < 1.29 is 58.7 Å². The van der Waals surface area contributed by atoms with Crippen molar-refractivity contribution in [2.24, 2.45) is 0 Å². The van der Waals surface area contributed by atoms with E-state index in [2.05, 4.69) is 0 Å². The van der Waals surface area contributed by atoms with Crippen molar-refractivity contribution in [3.63, 3.8) is 0 Å². The number of aliphatic hydroxyl groups excluding tert-OH is 3. The molecular formula is C22H26O12. The van der Waals surface area contributed by atoms with E-state index in [4.69, 9.17) is 28.4 Å². The highest BCUT2D eigenvalue weighted by Crippen LogP contribution is 2.42. The zero-order valence-electron chi connectivity index (χ0n) is 18.6. The maximum Gasteiger partial charge on any atom is 0.338 e. The van der Waals surface area contributed by atoms with Crippen LogP contribution in [0.15, 0.2) is 30.3 Å². The Morgan fingerprint density at radius 1 is 0.882 bits per heavy atom. The Labute approximate surface area is 194 Å². The third-order valence-corrected chi connectivity index (χ3v) is 5.14. The Balaban J connectivity index is 1.75. The second kappa shape index (κ2) is 10.7. The average Bonchev–Trinajstić information content (AvgIpc) is 2.84. The number of hydrogen-bond acceptors (Lipinski definition) is 12. The minimum Gasteiger partial charge on any atom is -0.508 e. The Hall–Kier alpha value is -3.45. The lowest BCUT2D eigenvalue weighted by Gasteiger charge is -2.40. The lowest BCUT2D eigenvalue weighted by atomic mass is 9.99. The van der Waals surface area contributed by atoms with Crippen molar-refractivity contribution in [1.29, 1.82) is 0 Å². The smallest absolute Gasteiger partial charge is 0.338 e. The second-order valence-electron chi connectivity index (χ2n) is 7.30. The Bertz CT molecular complexity index is 984. The molecule has 5 unspecified atom stereocenters. The number of methoxy groups -OCH3 is 3. The largest absolute Gasteiger partial charge is 0.508 e. The minimum atomic E-state index is -1.70. The second-order valence-corrected chi connectivity index (χ2v) is 7.30. The minimum absolute atomic E-state index is 0.0395. The Morgan fingerprint density at radius 3 is 2.09 bits per heavy atom. The third kappa shape index (κ3) is 5.20. The molecule has 0 spiro atoms. The molecule has 0 amide bonds. The van der Waals surface area contributed by atoms with Crippen LogP contribution >= 0.6 is 0 Å². The van der Waals surface area contributed by atoms with Gasteiger partial charge >= 0.3 is 5.97 Å². The number of aliphatic hydroxyl groups is 3. The molecular weight excluding hydrogens is 456 g/mol. The van der Waals surface area contributed by atoms with Gasteiger partial charge in [-0.1, -0.05) is 0 Å². The summed E-state index contributed by atoms with van der Waals surface area (Å²) in [6.45, 7) is -0.503. The van der Waals surface area contributed by atoms with E-state index < -0.39 is 43.3 Å². The van der Waals surface area contributed by atoms with E-state index in [1.165, 1.54) is 51.7 Å². The van der Waals surface area contributed by atoms with E-state index in [9.17, 15) is 30.3 Å². The van der Waals surface area contributed by atoms with Crippen LogP contribution in [0.25, 0.3) is 0 Å². The molecule has 1 aliphatic rings. The Morgan fingerprint density at radius 2 is 1.50 bits per heavy atom. The van der Waals surface area contributed by atoms with Crippen LogP contribution in [0.2, 0.25) is 0 Å². The zero-order valence-corrected chi connectivity index (χ0v) is 18.6. The summed E-state index contributed by atoms with van der Waals surface area (Å²) in [5.74, 6) is -1.02. The molecule has 1 fully saturated rings. The van der Waals surface area contributed by atoms with Crippen LogP contribution in [0.4, 0.5) is 0 Å². The number of aromatic hydroxyl groups is 2. The van der Waals surface area contributed by atoms with Crippen molar-refractivity contribution in [1.82, 2.24) is 0 Å². The van der Waals surface area contributed by atoms with E-state index in [1.807, 2.05) is 0 Å². The van der Waals surface area contributed by atoms with Gasteiger partial charge in [-0.15, -0.1) is 0 Å². The number of ether oxygens (including phenoxy) is 6. The molecule has 0 bridgehead atoms. The number of esters is 1. The van der Waals surface area contributed by atoms with E-state index in [1.54, 1.807) is 0 Å². The van der Waals surface area contributed by atoms with Crippen molar-refractivity contribution >= 4 is 5.97 Å². The highest BCUT2D eigenvalue weighted by atomic mass is 16.7. The van der Waals surface area contributed by atoms with E-state index in [-0.39, 0.29) is 40.1 Å². The van der Waals surface area contributed by atoms with Crippen LogP contribution in [-0.4, -0.2) is 90.1 Å². The number of hydrogen-bond donors (Lipinski definition) is 5. The summed E-state index contributed by atoms with van der Waals surface area (Å²) in [6.07, 6.45) is -7.80. The topological polar surface area (TPSA) is 174 Å². The molecule has 0 saturated carbocycles. The summed E-state index contributed by atoms with van der Waals surface area (Å²) in [7, 11) is 3.96. The standard InChI is InChI=1S/C22H26O12/c1-29-13-6-10(4-5-12(13)24)21(28)32-9-16-17(25)18(26)19(27)22(33-16)34-20-14(30-2)7-11(23)8-15(20)31-3/h4-8,16-19,22-27H,9H2,1-3H3. The summed E-state index contributed by atoms with van der Waals surface area (Å²) in [5, 5.41) is 50.4. The molecule has 186 valence electrons. The van der Waals surface area contributed by atoms with Gasteiger partial charge in [0, 0.05) is 12.1 Å². The molecule has 2 aromatic carbocycles. The lowest BCUT2D eigenvalue weighted by molar-refractivity contribution is -0.277. The first-order valence-corrected chi connectivity index (χ1v) is 10.1. The van der Waals surface area contributed by atoms with Crippen molar-refractivity contribution in [2.45, 2.75) is 30.7 Å². The van der Waals surface area contributed by atoms with Crippen LogP contribution in [0.3, 0.4) is 0 Å². The molecule has 1 heterocycles. The first kappa shape index (κ1) is 25.2. The van der Waals surface area contributed by atoms with Gasteiger partial charge in [0.25, 0.3) is 0 Å². The summed E-state index contributed by atoms with van der Waals surface area (Å²) in [4.78, 5) is 12.4. The predicted molar refractivity (Wildman–Crippen MR) is 113 cm³/mol. The van der Waals surface area contributed by atoms with Gasteiger partial charge in [-0.25, -0.2) is 4.79 Å². The monoisotopic (exact) mass is 482 g/mol. The number of phenolic OH excluding ortho intramolecular Hbond substituents is 2. The summed E-state index contributed by atoms with van der Waals surface area (Å²) in [6, 6.07) is 6.31. The summed E-state index contributed by atoms with van der Waals surface area (Å²) in [5.41, 5.74) is 0.0619. The van der Waals surface area contributed by atoms with Gasteiger partial charge in [0.2, 0.25) is 12.0 Å². The number of carbonyl (C=O) groups excluding carboxylic acids is 1. The van der Waals surface area contributed by atoms with Gasteiger partial charge in [0.05, 0.1) is 26.9 Å². The van der Waals surface area contributed by atoms with E-state index >= 15 is 0 Å². The van der Waals surface area contributed by atoms with Crippen LogP contribution in [0.5, 0.6) is 34.5 Å². The molecule has 0 aliphatic carbocycles. The molecule has 0 aromatic heterocycles. The van der Waals surface area contributed by atoms with Crippen LogP contribution in [0.1, 0.15) is 10.4 Å². The van der Waals surface area contributed by atoms with Crippen molar-refractivity contribution in [3.05, 3.63) is 35.9 Å². The number of rotatable bonds is 8. The Kier molecular flexibility index (Phi) is 7.89. The predicted octanol–water partition coefficient (Wildman–Crippen LogP) is 0.167. The molecule has 3 rings (SSSR count). The molecule has 5 atom stereocenters. The van der Waals surface area contributed by atoms with Crippen LogP contribution < -0.4 is 18.9 Å². The molecule has 1 saturated heterocycles. The normalized spacial score (nSPS) is 24.2. The van der Waals surface area contributed by atoms with Crippen molar-refractivity contribution in [3.8, 4) is 34.5 Å². The van der Waals surface area contributed by atoms with Crippen LogP contribution in [0, 0.1) is 0 Å². The molecule has 12 nitrogen and oxygen atoms in total. The molecule has 1 aliphatic heterocycles. The van der Waals surface area contributed by atoms with Gasteiger partial charge in [0.1, 0.15) is 36.8 Å². The fourth-order valence-corrected chi connectivity index (χ4v) is 3.30. The molecule has 34 heavy (non-hydrogen) atoms. The molecule has 12 heteroatoms. The number of carbonyl (C=O) groups is 1. The first-order valence-electron chi connectivity index (χ1n) is 10.1. The van der Waals surface area contributed by atoms with E-state index in [0.717, 1.165) is 0 Å². The maximum absolute atomic E-state index is 12.4. The summed E-state index contributed by atoms with van der Waals surface area (Å²) >= 11 is 0. The quantitative estimate of drug-likeness (QED) is 0.323. The van der Waals surface area contributed by atoms with Gasteiger partial charge in [0.15, 0.2) is 23.0 Å². The number of benzene rings is 2. The van der Waals surface area contributed by atoms with Gasteiger partial charge in [-0.2, -0.15) is 0 Å². The van der Waals surface area contributed by atoms with Gasteiger partial charge in [-0.05, 0) is 18.2 Å². The summed E-state index contributed by atoms with van der Waals surface area (Å²) < 4.78 is 31.7. The van der Waals surface area contributed by atoms with Gasteiger partial charge < -0.3 is 54.0 Å². The van der Waals surface area contributed by atoms with Crippen molar-refractivity contribution in [2.75, 3.05) is 27.9 Å². The van der Waals surface area contributed by atoms with Crippen LogP contribution in [-0.2, 0) is 9.47 Å². The third-order valence-electron chi connectivity index (χ3n) is 5.14. The fraction of sp³-hybridized carbons (Fsp3) is 0.409. The maximum atomic E-state index is 12.4. The highest BCUT2D eigenvalue weighted by molar-refractivity contribution is 5.90. The van der Waals surface area contributed by atoms with Gasteiger partial charge in [-0.3, -0.25) is 0 Å². The lowest BCUT2D eigenvalue weighted by Crippen LogP contribution is -2.60. The zero-order chi connectivity index (χ0) is 25.0. The first-order chi connectivity index (χ1) is 16.2. The number of phenols is 2. The molecule has 2 aromatic rings. The SMILES string of the molecule is COc1cc(C(=O)OCC2OC(Oc3c(OC)cc(O)cc3OC)C(O)C(O)C2O)ccc1O. The van der Waals surface area contributed by atoms with E-state index in [0.29, 0.717) is 0 Å².